The Balaban J connectivity index is 1.78. The van der Waals surface area contributed by atoms with Gasteiger partial charge in [-0.1, -0.05) is 29.8 Å². The summed E-state index contributed by atoms with van der Waals surface area (Å²) in [5.41, 5.74) is -0.538. The number of nitrogens with zero attached hydrogens (tertiary/aromatic N) is 1. The van der Waals surface area contributed by atoms with E-state index in [9.17, 15) is 22.8 Å². The van der Waals surface area contributed by atoms with Crippen molar-refractivity contribution in [2.75, 3.05) is 19.9 Å². The van der Waals surface area contributed by atoms with E-state index in [1.807, 2.05) is 0 Å². The maximum absolute atomic E-state index is 13.1. The van der Waals surface area contributed by atoms with Crippen molar-refractivity contribution in [1.29, 1.82) is 0 Å². The number of sulfone groups is 1. The van der Waals surface area contributed by atoms with Crippen LogP contribution in [0.4, 0.5) is 0 Å². The molecule has 32 heavy (non-hydrogen) atoms. The van der Waals surface area contributed by atoms with Gasteiger partial charge in [0.2, 0.25) is 0 Å². The van der Waals surface area contributed by atoms with Crippen LogP contribution < -0.4 is 0 Å². The number of ketones is 1. The van der Waals surface area contributed by atoms with E-state index >= 15 is 0 Å². The molecule has 3 rings (SSSR count). The molecule has 0 saturated heterocycles. The standard InChI is InChI=1S/C23H24ClNO6S/c1-25(23(14-6-5-9-20(23)26)18-7-3-4-8-19(18)24)21(27)15-31-22(28)16-10-12-17(13-11-16)32(2,29)30/h3-4,7-8,10-13H,5-6,9,14-15H2,1-2H3. The van der Waals surface area contributed by atoms with Crippen molar-refractivity contribution >= 4 is 39.1 Å². The fourth-order valence-corrected chi connectivity index (χ4v) is 4.91. The number of Topliss-reactive ketones (excluding diaryl/α,β-unsaturated/α-hetero) is 1. The predicted molar refractivity (Wildman–Crippen MR) is 119 cm³/mol. The number of ether oxygens (including phenoxy) is 1. The molecule has 1 amide bonds. The lowest BCUT2D eigenvalue weighted by Gasteiger charge is -2.43. The highest BCUT2D eigenvalue weighted by atomic mass is 35.5. The molecular weight excluding hydrogens is 454 g/mol. The fraction of sp³-hybridized carbons (Fsp3) is 0.348. The second kappa shape index (κ2) is 9.42. The summed E-state index contributed by atoms with van der Waals surface area (Å²) in [6.07, 6.45) is 3.32. The van der Waals surface area contributed by atoms with Crippen LogP contribution in [0.5, 0.6) is 0 Å². The Morgan fingerprint density at radius 3 is 2.34 bits per heavy atom. The number of hydrogen-bond donors (Lipinski definition) is 0. The molecule has 1 aliphatic carbocycles. The summed E-state index contributed by atoms with van der Waals surface area (Å²) in [6, 6.07) is 12.2. The first-order valence-corrected chi connectivity index (χ1v) is 12.4. The Kier molecular flexibility index (Phi) is 7.05. The zero-order valence-corrected chi connectivity index (χ0v) is 19.4. The van der Waals surface area contributed by atoms with E-state index in [0.29, 0.717) is 23.4 Å². The average molecular weight is 478 g/mol. The highest BCUT2D eigenvalue weighted by Gasteiger charge is 2.48. The first-order chi connectivity index (χ1) is 15.1. The SMILES string of the molecule is CN(C(=O)COC(=O)c1ccc(S(C)(=O)=O)cc1)C1(c2ccccc2Cl)CCCCC1=O. The molecule has 0 radical (unpaired) electrons. The molecule has 0 aromatic heterocycles. The lowest BCUT2D eigenvalue weighted by atomic mass is 9.74. The van der Waals surface area contributed by atoms with Crippen LogP contribution in [0.15, 0.2) is 53.4 Å². The van der Waals surface area contributed by atoms with E-state index < -0.39 is 33.9 Å². The van der Waals surface area contributed by atoms with Crippen LogP contribution in [0.3, 0.4) is 0 Å². The molecule has 1 fully saturated rings. The van der Waals surface area contributed by atoms with Crippen LogP contribution >= 0.6 is 11.6 Å². The number of carbonyl (C=O) groups excluding carboxylic acids is 3. The molecule has 1 aliphatic rings. The number of esters is 1. The number of rotatable bonds is 6. The highest BCUT2D eigenvalue weighted by Crippen LogP contribution is 2.42. The summed E-state index contributed by atoms with van der Waals surface area (Å²) in [6.45, 7) is -0.567. The fourth-order valence-electron chi connectivity index (χ4n) is 3.99. The van der Waals surface area contributed by atoms with Crippen molar-refractivity contribution in [2.24, 2.45) is 0 Å². The maximum Gasteiger partial charge on any atom is 0.338 e. The van der Waals surface area contributed by atoms with Crippen molar-refractivity contribution in [1.82, 2.24) is 4.90 Å². The van der Waals surface area contributed by atoms with Gasteiger partial charge in [0.25, 0.3) is 5.91 Å². The molecule has 1 unspecified atom stereocenters. The molecule has 7 nitrogen and oxygen atoms in total. The Morgan fingerprint density at radius 1 is 1.09 bits per heavy atom. The molecule has 9 heteroatoms. The van der Waals surface area contributed by atoms with Crippen LogP contribution in [0.25, 0.3) is 0 Å². The number of hydrogen-bond acceptors (Lipinski definition) is 6. The number of carbonyl (C=O) groups is 3. The smallest absolute Gasteiger partial charge is 0.338 e. The van der Waals surface area contributed by atoms with Crippen molar-refractivity contribution in [3.05, 3.63) is 64.7 Å². The van der Waals surface area contributed by atoms with E-state index in [0.717, 1.165) is 19.1 Å². The van der Waals surface area contributed by atoms with Gasteiger partial charge in [0, 0.05) is 30.3 Å². The largest absolute Gasteiger partial charge is 0.452 e. The summed E-state index contributed by atoms with van der Waals surface area (Å²) in [4.78, 5) is 39.8. The van der Waals surface area contributed by atoms with Gasteiger partial charge < -0.3 is 9.64 Å². The summed E-state index contributed by atoms with van der Waals surface area (Å²) < 4.78 is 28.2. The zero-order chi connectivity index (χ0) is 23.5. The first kappa shape index (κ1) is 23.9. The van der Waals surface area contributed by atoms with Crippen LogP contribution in [0.2, 0.25) is 5.02 Å². The predicted octanol–water partition coefficient (Wildman–Crippen LogP) is 3.40. The quantitative estimate of drug-likeness (QED) is 0.591. The topological polar surface area (TPSA) is 97.8 Å². The molecule has 1 atom stereocenters. The van der Waals surface area contributed by atoms with Crippen LogP contribution in [-0.4, -0.2) is 50.9 Å². The molecule has 1 saturated carbocycles. The van der Waals surface area contributed by atoms with Gasteiger partial charge in [-0.25, -0.2) is 13.2 Å². The third-order valence-corrected chi connectivity index (χ3v) is 7.22. The van der Waals surface area contributed by atoms with Crippen LogP contribution in [-0.2, 0) is 29.7 Å². The Labute approximate surface area is 192 Å². The number of benzene rings is 2. The normalized spacial score (nSPS) is 18.8. The van der Waals surface area contributed by atoms with Gasteiger partial charge in [-0.15, -0.1) is 0 Å². The van der Waals surface area contributed by atoms with Crippen molar-refractivity contribution in [3.8, 4) is 0 Å². The molecule has 0 N–H and O–H groups in total. The third-order valence-electron chi connectivity index (χ3n) is 5.76. The van der Waals surface area contributed by atoms with Gasteiger partial charge in [0.1, 0.15) is 5.54 Å². The van der Waals surface area contributed by atoms with E-state index in [4.69, 9.17) is 16.3 Å². The van der Waals surface area contributed by atoms with Gasteiger partial charge >= 0.3 is 5.97 Å². The van der Waals surface area contributed by atoms with E-state index in [1.165, 1.54) is 36.2 Å². The van der Waals surface area contributed by atoms with E-state index in [-0.39, 0.29) is 16.2 Å². The molecule has 170 valence electrons. The monoisotopic (exact) mass is 477 g/mol. The van der Waals surface area contributed by atoms with Gasteiger partial charge in [0.15, 0.2) is 22.2 Å². The minimum Gasteiger partial charge on any atom is -0.452 e. The van der Waals surface area contributed by atoms with E-state index in [1.54, 1.807) is 24.3 Å². The molecule has 2 aromatic rings. The Morgan fingerprint density at radius 2 is 1.75 bits per heavy atom. The molecule has 2 aromatic carbocycles. The lowest BCUT2D eigenvalue weighted by Crippen LogP contribution is -2.55. The summed E-state index contributed by atoms with van der Waals surface area (Å²) in [5, 5.41) is 0.394. The second-order valence-corrected chi connectivity index (χ2v) is 10.2. The maximum atomic E-state index is 13.1. The van der Waals surface area contributed by atoms with Gasteiger partial charge in [-0.3, -0.25) is 9.59 Å². The summed E-state index contributed by atoms with van der Waals surface area (Å²) >= 11 is 6.40. The van der Waals surface area contributed by atoms with Crippen LogP contribution in [0, 0.1) is 0 Å². The molecule has 0 spiro atoms. The molecule has 0 bridgehead atoms. The van der Waals surface area contributed by atoms with Crippen molar-refractivity contribution in [3.63, 3.8) is 0 Å². The first-order valence-electron chi connectivity index (χ1n) is 10.1. The minimum atomic E-state index is -3.39. The highest BCUT2D eigenvalue weighted by molar-refractivity contribution is 7.90. The zero-order valence-electron chi connectivity index (χ0n) is 17.8. The number of likely N-dealkylation sites (N-methyl/N-ethyl adjacent to an activating group) is 1. The summed E-state index contributed by atoms with van der Waals surface area (Å²) in [7, 11) is -1.87. The third kappa shape index (κ3) is 4.71. The number of halogens is 1. The average Bonchev–Trinajstić information content (AvgIpc) is 2.77. The van der Waals surface area contributed by atoms with E-state index in [2.05, 4.69) is 0 Å². The second-order valence-electron chi connectivity index (χ2n) is 7.80. The molecular formula is C23H24ClNO6S. The van der Waals surface area contributed by atoms with Gasteiger partial charge in [0.05, 0.1) is 10.5 Å². The van der Waals surface area contributed by atoms with Crippen LogP contribution in [0.1, 0.15) is 41.6 Å². The molecule has 0 aliphatic heterocycles. The molecule has 0 heterocycles. The van der Waals surface area contributed by atoms with Gasteiger partial charge in [-0.05, 0) is 49.6 Å². The number of amides is 1. The Bertz CT molecular complexity index is 1150. The minimum absolute atomic E-state index is 0.0716. The lowest BCUT2D eigenvalue weighted by molar-refractivity contribution is -0.150. The van der Waals surface area contributed by atoms with Crippen molar-refractivity contribution in [2.45, 2.75) is 36.1 Å². The van der Waals surface area contributed by atoms with Gasteiger partial charge in [-0.2, -0.15) is 0 Å². The van der Waals surface area contributed by atoms with Crippen molar-refractivity contribution < 1.29 is 27.5 Å². The summed E-state index contributed by atoms with van der Waals surface area (Å²) in [5.74, 6) is -1.41. The Hall–Kier alpha value is -2.71.